The predicted octanol–water partition coefficient (Wildman–Crippen LogP) is 8.06. The summed E-state index contributed by atoms with van der Waals surface area (Å²) in [6.45, 7) is 27.2. The highest BCUT2D eigenvalue weighted by molar-refractivity contribution is 6.76. The van der Waals surface area contributed by atoms with Crippen LogP contribution in [-0.4, -0.2) is 31.0 Å². The Morgan fingerprint density at radius 1 is 1.00 bits per heavy atom. The Hall–Kier alpha value is -1.32. The SMILES string of the molecule is COc1ccc2c(c1)C(C)(C)C1=CC3C(C=C12)CC(C)C3[Si](C)(C)N(C(C)(C)C)C(C)(C)C. The highest BCUT2D eigenvalue weighted by Gasteiger charge is 2.56. The van der Waals surface area contributed by atoms with Crippen molar-refractivity contribution in [3.8, 4) is 5.75 Å². The van der Waals surface area contributed by atoms with Gasteiger partial charge in [-0.2, -0.15) is 0 Å². The summed E-state index contributed by atoms with van der Waals surface area (Å²) in [5, 5.41) is 0. The molecule has 0 heterocycles. The summed E-state index contributed by atoms with van der Waals surface area (Å²) >= 11 is 0. The van der Waals surface area contributed by atoms with E-state index in [0.29, 0.717) is 11.8 Å². The number of methoxy groups -OCH3 is 1. The van der Waals surface area contributed by atoms with Gasteiger partial charge in [0.1, 0.15) is 14.0 Å². The van der Waals surface area contributed by atoms with E-state index in [0.717, 1.165) is 17.2 Å². The molecule has 4 rings (SSSR count). The summed E-state index contributed by atoms with van der Waals surface area (Å²) in [7, 11) is -0.0148. The van der Waals surface area contributed by atoms with Crippen molar-refractivity contribution in [2.45, 2.75) is 104 Å². The van der Waals surface area contributed by atoms with Gasteiger partial charge in [0, 0.05) is 16.5 Å². The molecule has 3 heteroatoms. The monoisotopic (exact) mass is 465 g/mol. The van der Waals surface area contributed by atoms with Crippen molar-refractivity contribution in [1.82, 2.24) is 4.57 Å². The molecule has 3 aliphatic rings. The van der Waals surface area contributed by atoms with Gasteiger partial charge in [-0.3, -0.25) is 0 Å². The first-order valence-corrected chi connectivity index (χ1v) is 16.0. The number of ether oxygens (including phenoxy) is 1. The first kappa shape index (κ1) is 24.8. The average Bonchev–Trinajstić information content (AvgIpc) is 3.08. The topological polar surface area (TPSA) is 12.5 Å². The second-order valence-electron chi connectivity index (χ2n) is 14.0. The molecule has 1 aromatic rings. The Balaban J connectivity index is 1.81. The van der Waals surface area contributed by atoms with Crippen LogP contribution in [0.1, 0.15) is 79.9 Å². The second kappa shape index (κ2) is 7.59. The lowest BCUT2D eigenvalue weighted by Crippen LogP contribution is -2.67. The van der Waals surface area contributed by atoms with Crippen LogP contribution >= 0.6 is 0 Å². The summed E-state index contributed by atoms with van der Waals surface area (Å²) in [6, 6.07) is 6.69. The molecule has 1 saturated carbocycles. The predicted molar refractivity (Wildman–Crippen MR) is 145 cm³/mol. The van der Waals surface area contributed by atoms with Crippen molar-refractivity contribution in [2.75, 3.05) is 7.11 Å². The van der Waals surface area contributed by atoms with Gasteiger partial charge < -0.3 is 9.30 Å². The number of rotatable bonds is 3. The summed E-state index contributed by atoms with van der Waals surface area (Å²) in [5.41, 5.74) is 6.98. The zero-order valence-electron chi connectivity index (χ0n) is 23.3. The Labute approximate surface area is 204 Å². The van der Waals surface area contributed by atoms with Gasteiger partial charge in [-0.1, -0.05) is 52.1 Å². The fourth-order valence-electron chi connectivity index (χ4n) is 8.75. The summed E-state index contributed by atoms with van der Waals surface area (Å²) in [5.74, 6) is 3.01. The first-order chi connectivity index (χ1) is 15.0. The molecule has 0 aliphatic heterocycles. The Morgan fingerprint density at radius 2 is 1.61 bits per heavy atom. The largest absolute Gasteiger partial charge is 0.497 e. The fourth-order valence-corrected chi connectivity index (χ4v) is 15.3. The van der Waals surface area contributed by atoms with E-state index in [1.54, 1.807) is 12.7 Å². The number of hydrogen-bond donors (Lipinski definition) is 0. The molecule has 4 unspecified atom stereocenters. The van der Waals surface area contributed by atoms with Crippen molar-refractivity contribution in [3.05, 3.63) is 47.1 Å². The lowest BCUT2D eigenvalue weighted by Gasteiger charge is -2.57. The molecule has 3 aliphatic carbocycles. The fraction of sp³-hybridized carbons (Fsp3) is 0.667. The van der Waals surface area contributed by atoms with E-state index in [2.05, 4.69) is 110 Å². The molecular weight excluding hydrogens is 418 g/mol. The van der Waals surface area contributed by atoms with Crippen LogP contribution in [0.15, 0.2) is 35.9 Å². The number of allylic oxidation sites excluding steroid dienone is 4. The van der Waals surface area contributed by atoms with Crippen LogP contribution in [0.4, 0.5) is 0 Å². The summed E-state index contributed by atoms with van der Waals surface area (Å²) in [4.78, 5) is 0. The molecule has 182 valence electrons. The number of nitrogens with zero attached hydrogens (tertiary/aromatic N) is 1. The average molecular weight is 466 g/mol. The number of benzene rings is 1. The Morgan fingerprint density at radius 3 is 2.15 bits per heavy atom. The van der Waals surface area contributed by atoms with E-state index in [1.807, 2.05) is 0 Å². The molecular formula is C30H47NOSi. The zero-order valence-corrected chi connectivity index (χ0v) is 24.3. The van der Waals surface area contributed by atoms with Crippen LogP contribution in [0, 0.1) is 17.8 Å². The maximum Gasteiger partial charge on any atom is 0.127 e. The first-order valence-electron chi connectivity index (χ1n) is 12.9. The number of hydrogen-bond acceptors (Lipinski definition) is 2. The summed E-state index contributed by atoms with van der Waals surface area (Å²) < 4.78 is 8.53. The molecule has 1 fully saturated rings. The Bertz CT molecular complexity index is 987. The van der Waals surface area contributed by atoms with Crippen molar-refractivity contribution in [3.63, 3.8) is 0 Å². The molecule has 0 radical (unpaired) electrons. The normalized spacial score (nSPS) is 28.8. The summed E-state index contributed by atoms with van der Waals surface area (Å²) in [6.07, 6.45) is 6.71. The third kappa shape index (κ3) is 3.78. The minimum absolute atomic E-state index is 0.0243. The van der Waals surface area contributed by atoms with Gasteiger partial charge in [0.2, 0.25) is 0 Å². The van der Waals surface area contributed by atoms with Crippen LogP contribution in [0.3, 0.4) is 0 Å². The molecule has 0 aromatic heterocycles. The maximum absolute atomic E-state index is 5.59. The number of fused-ring (bicyclic) bond motifs is 4. The van der Waals surface area contributed by atoms with Gasteiger partial charge in [-0.25, -0.2) is 0 Å². The molecule has 1 aromatic carbocycles. The molecule has 4 atom stereocenters. The lowest BCUT2D eigenvalue weighted by atomic mass is 9.76. The van der Waals surface area contributed by atoms with E-state index < -0.39 is 8.24 Å². The van der Waals surface area contributed by atoms with Gasteiger partial charge in [-0.05, 0) is 106 Å². The van der Waals surface area contributed by atoms with Crippen molar-refractivity contribution < 1.29 is 4.74 Å². The van der Waals surface area contributed by atoms with Crippen LogP contribution < -0.4 is 4.74 Å². The molecule has 0 spiro atoms. The van der Waals surface area contributed by atoms with Crippen LogP contribution in [0.2, 0.25) is 18.6 Å². The smallest absolute Gasteiger partial charge is 0.127 e. The van der Waals surface area contributed by atoms with E-state index >= 15 is 0 Å². The van der Waals surface area contributed by atoms with Gasteiger partial charge in [0.25, 0.3) is 0 Å². The quantitative estimate of drug-likeness (QED) is 0.419. The van der Waals surface area contributed by atoms with Crippen molar-refractivity contribution >= 4 is 13.8 Å². The minimum atomic E-state index is -1.79. The third-order valence-corrected chi connectivity index (χ3v) is 13.9. The minimum Gasteiger partial charge on any atom is -0.497 e. The lowest BCUT2D eigenvalue weighted by molar-refractivity contribution is 0.121. The van der Waals surface area contributed by atoms with Crippen LogP contribution in [0.25, 0.3) is 5.57 Å². The van der Waals surface area contributed by atoms with Crippen molar-refractivity contribution in [2.24, 2.45) is 17.8 Å². The van der Waals surface area contributed by atoms with E-state index in [1.165, 1.54) is 23.1 Å². The highest BCUT2D eigenvalue weighted by atomic mass is 28.3. The van der Waals surface area contributed by atoms with Gasteiger partial charge >= 0.3 is 0 Å². The van der Waals surface area contributed by atoms with Gasteiger partial charge in [-0.15, -0.1) is 0 Å². The molecule has 0 bridgehead atoms. The standard InChI is InChI=1S/C30H47NOSi/c1-19-15-20-16-24-22-14-13-21(32-10)17-25(22)30(8,9)26(24)18-23(20)27(19)33(11,12)31(28(2,3)4)29(5,6)7/h13-14,16-20,23,27H,15H2,1-12H3. The van der Waals surface area contributed by atoms with Crippen molar-refractivity contribution in [1.29, 1.82) is 0 Å². The molecule has 33 heavy (non-hydrogen) atoms. The van der Waals surface area contributed by atoms with Gasteiger partial charge in [0.15, 0.2) is 0 Å². The zero-order chi connectivity index (χ0) is 24.7. The van der Waals surface area contributed by atoms with Gasteiger partial charge in [0.05, 0.1) is 7.11 Å². The molecule has 0 saturated heterocycles. The third-order valence-electron chi connectivity index (χ3n) is 8.79. The second-order valence-corrected chi connectivity index (χ2v) is 18.4. The van der Waals surface area contributed by atoms with E-state index in [4.69, 9.17) is 4.74 Å². The molecule has 0 amide bonds. The maximum atomic E-state index is 5.59. The van der Waals surface area contributed by atoms with Crippen LogP contribution in [0.5, 0.6) is 5.75 Å². The molecule has 2 nitrogen and oxygen atoms in total. The molecule has 0 N–H and O–H groups in total. The van der Waals surface area contributed by atoms with E-state index in [-0.39, 0.29) is 16.5 Å². The highest BCUT2D eigenvalue weighted by Crippen LogP contribution is 2.61. The van der Waals surface area contributed by atoms with Crippen LogP contribution in [-0.2, 0) is 5.41 Å². The Kier molecular flexibility index (Phi) is 5.70. The van der Waals surface area contributed by atoms with E-state index in [9.17, 15) is 0 Å².